The van der Waals surface area contributed by atoms with Crippen molar-refractivity contribution in [3.8, 4) is 22.3 Å². The smallest absolute Gasteiger partial charge is 0.0460 e. The summed E-state index contributed by atoms with van der Waals surface area (Å²) in [7, 11) is 0. The SMILES string of the molecule is c1ccc2c(-c3cncc(-c4c[nH]c5ccccc45)c3)c[nH]c2c1. The molecule has 114 valence electrons. The second-order valence-electron chi connectivity index (χ2n) is 5.96. The van der Waals surface area contributed by atoms with Crippen LogP contribution >= 0.6 is 0 Å². The zero-order valence-corrected chi connectivity index (χ0v) is 13.0. The standard InChI is InChI=1S/C21H15N3/c1-3-7-20-16(5-1)18(12-23-20)14-9-15(11-22-10-14)19-13-24-21-8-4-2-6-17(19)21/h1-13,23-24H. The maximum Gasteiger partial charge on any atom is 0.0460 e. The quantitative estimate of drug-likeness (QED) is 0.452. The lowest BCUT2D eigenvalue weighted by atomic mass is 10.0. The molecule has 3 nitrogen and oxygen atoms in total. The van der Waals surface area contributed by atoms with Gasteiger partial charge in [-0.2, -0.15) is 0 Å². The fraction of sp³-hybridized carbons (Fsp3) is 0. The number of benzene rings is 2. The Morgan fingerprint density at radius 3 is 1.67 bits per heavy atom. The molecule has 0 radical (unpaired) electrons. The summed E-state index contributed by atoms with van der Waals surface area (Å²) in [4.78, 5) is 11.2. The van der Waals surface area contributed by atoms with Gasteiger partial charge in [-0.15, -0.1) is 0 Å². The third kappa shape index (κ3) is 1.95. The summed E-state index contributed by atoms with van der Waals surface area (Å²) >= 11 is 0. The molecule has 2 aromatic carbocycles. The Hall–Kier alpha value is -3.33. The number of nitrogens with one attached hydrogen (secondary N) is 2. The molecule has 0 amide bonds. The third-order valence-corrected chi connectivity index (χ3v) is 4.54. The van der Waals surface area contributed by atoms with Gasteiger partial charge in [-0.3, -0.25) is 4.98 Å². The maximum absolute atomic E-state index is 4.48. The van der Waals surface area contributed by atoms with Crippen molar-refractivity contribution >= 4 is 21.8 Å². The first-order valence-electron chi connectivity index (χ1n) is 7.98. The van der Waals surface area contributed by atoms with E-state index in [1.165, 1.54) is 21.9 Å². The van der Waals surface area contributed by atoms with Gasteiger partial charge in [-0.1, -0.05) is 36.4 Å². The molecule has 0 bridgehead atoms. The van der Waals surface area contributed by atoms with E-state index in [-0.39, 0.29) is 0 Å². The summed E-state index contributed by atoms with van der Waals surface area (Å²) in [5.41, 5.74) is 6.89. The Labute approximate surface area is 139 Å². The largest absolute Gasteiger partial charge is 0.361 e. The lowest BCUT2D eigenvalue weighted by Gasteiger charge is -2.04. The number of aromatic nitrogens is 3. The van der Waals surface area contributed by atoms with Crippen LogP contribution in [0.2, 0.25) is 0 Å². The van der Waals surface area contributed by atoms with E-state index in [1.54, 1.807) is 0 Å². The van der Waals surface area contributed by atoms with Gasteiger partial charge in [0.1, 0.15) is 0 Å². The molecule has 0 aliphatic carbocycles. The molecule has 3 aromatic heterocycles. The first-order chi connectivity index (χ1) is 11.9. The van der Waals surface area contributed by atoms with E-state index in [9.17, 15) is 0 Å². The van der Waals surface area contributed by atoms with E-state index in [0.29, 0.717) is 0 Å². The highest BCUT2D eigenvalue weighted by atomic mass is 14.7. The second-order valence-corrected chi connectivity index (χ2v) is 5.96. The Morgan fingerprint density at radius 1 is 0.625 bits per heavy atom. The fourth-order valence-corrected chi connectivity index (χ4v) is 3.36. The van der Waals surface area contributed by atoms with Gasteiger partial charge in [0.05, 0.1) is 0 Å². The van der Waals surface area contributed by atoms with Crippen molar-refractivity contribution in [2.75, 3.05) is 0 Å². The van der Waals surface area contributed by atoms with Gasteiger partial charge in [0.25, 0.3) is 0 Å². The lowest BCUT2D eigenvalue weighted by molar-refractivity contribution is 1.33. The Bertz CT molecular complexity index is 1070. The van der Waals surface area contributed by atoms with Crippen LogP contribution in [0.1, 0.15) is 0 Å². The molecular formula is C21H15N3. The number of rotatable bonds is 2. The van der Waals surface area contributed by atoms with E-state index in [4.69, 9.17) is 0 Å². The summed E-state index contributed by atoms with van der Waals surface area (Å²) in [5, 5.41) is 2.44. The van der Waals surface area contributed by atoms with Gasteiger partial charge in [0, 0.05) is 68.8 Å². The predicted octanol–water partition coefficient (Wildman–Crippen LogP) is 5.38. The Balaban J connectivity index is 1.69. The number of fused-ring (bicyclic) bond motifs is 2. The lowest BCUT2D eigenvalue weighted by Crippen LogP contribution is -1.82. The highest BCUT2D eigenvalue weighted by Gasteiger charge is 2.10. The summed E-state index contributed by atoms with van der Waals surface area (Å²) in [6, 6.07) is 18.9. The minimum Gasteiger partial charge on any atom is -0.361 e. The van der Waals surface area contributed by atoms with Crippen LogP contribution in [0, 0.1) is 0 Å². The zero-order valence-electron chi connectivity index (χ0n) is 13.0. The first kappa shape index (κ1) is 13.1. The molecule has 0 fully saturated rings. The first-order valence-corrected chi connectivity index (χ1v) is 7.98. The molecule has 0 spiro atoms. The molecule has 24 heavy (non-hydrogen) atoms. The minimum atomic E-state index is 1.12. The number of pyridine rings is 1. The van der Waals surface area contributed by atoms with E-state index >= 15 is 0 Å². The van der Waals surface area contributed by atoms with Gasteiger partial charge in [-0.25, -0.2) is 0 Å². The van der Waals surface area contributed by atoms with E-state index in [1.807, 2.05) is 24.5 Å². The summed E-state index contributed by atoms with van der Waals surface area (Å²) in [6.45, 7) is 0. The summed E-state index contributed by atoms with van der Waals surface area (Å²) in [6.07, 6.45) is 7.96. The van der Waals surface area contributed by atoms with Gasteiger partial charge >= 0.3 is 0 Å². The van der Waals surface area contributed by atoms with Crippen LogP contribution in [0.5, 0.6) is 0 Å². The predicted molar refractivity (Wildman–Crippen MR) is 98.8 cm³/mol. The topological polar surface area (TPSA) is 44.5 Å². The molecule has 2 N–H and O–H groups in total. The zero-order chi connectivity index (χ0) is 15.9. The van der Waals surface area contributed by atoms with Crippen molar-refractivity contribution in [3.63, 3.8) is 0 Å². The van der Waals surface area contributed by atoms with Crippen LogP contribution in [0.3, 0.4) is 0 Å². The number of hydrogen-bond acceptors (Lipinski definition) is 1. The minimum absolute atomic E-state index is 1.12. The van der Waals surface area contributed by atoms with Crippen molar-refractivity contribution < 1.29 is 0 Å². The molecule has 3 heteroatoms. The Morgan fingerprint density at radius 2 is 1.12 bits per heavy atom. The fourth-order valence-electron chi connectivity index (χ4n) is 3.36. The molecule has 3 heterocycles. The number of hydrogen-bond donors (Lipinski definition) is 2. The van der Waals surface area contributed by atoms with Crippen LogP contribution in [-0.4, -0.2) is 15.0 Å². The molecule has 0 aliphatic rings. The summed E-state index contributed by atoms with van der Waals surface area (Å²) in [5.74, 6) is 0. The maximum atomic E-state index is 4.48. The van der Waals surface area contributed by atoms with Crippen molar-refractivity contribution in [1.82, 2.24) is 15.0 Å². The van der Waals surface area contributed by atoms with Crippen molar-refractivity contribution in [3.05, 3.63) is 79.4 Å². The number of H-pyrrole nitrogens is 2. The highest BCUT2D eigenvalue weighted by molar-refractivity contribution is 5.98. The molecular weight excluding hydrogens is 294 g/mol. The van der Waals surface area contributed by atoms with Crippen molar-refractivity contribution in [1.29, 1.82) is 0 Å². The second kappa shape index (κ2) is 5.10. The van der Waals surface area contributed by atoms with Gasteiger partial charge in [0.15, 0.2) is 0 Å². The van der Waals surface area contributed by atoms with Gasteiger partial charge < -0.3 is 9.97 Å². The molecule has 0 aliphatic heterocycles. The van der Waals surface area contributed by atoms with Crippen LogP contribution in [0.4, 0.5) is 0 Å². The average Bonchev–Trinajstić information content (AvgIpc) is 3.26. The number of nitrogens with zero attached hydrogens (tertiary/aromatic N) is 1. The monoisotopic (exact) mass is 309 g/mol. The van der Waals surface area contributed by atoms with Crippen LogP contribution in [-0.2, 0) is 0 Å². The number of aromatic amines is 2. The number of para-hydroxylation sites is 2. The Kier molecular flexibility index (Phi) is 2.79. The van der Waals surface area contributed by atoms with E-state index in [0.717, 1.165) is 22.2 Å². The van der Waals surface area contributed by atoms with Crippen LogP contribution in [0.25, 0.3) is 44.1 Å². The summed E-state index contributed by atoms with van der Waals surface area (Å²) < 4.78 is 0. The molecule has 5 rings (SSSR count). The normalized spacial score (nSPS) is 11.3. The van der Waals surface area contributed by atoms with Crippen LogP contribution in [0.15, 0.2) is 79.4 Å². The van der Waals surface area contributed by atoms with Gasteiger partial charge in [-0.05, 0) is 18.2 Å². The highest BCUT2D eigenvalue weighted by Crippen LogP contribution is 2.33. The molecule has 0 saturated heterocycles. The molecule has 0 saturated carbocycles. The average molecular weight is 309 g/mol. The van der Waals surface area contributed by atoms with Crippen LogP contribution < -0.4 is 0 Å². The van der Waals surface area contributed by atoms with Crippen molar-refractivity contribution in [2.24, 2.45) is 0 Å². The molecule has 0 unspecified atom stereocenters. The van der Waals surface area contributed by atoms with Crippen molar-refractivity contribution in [2.45, 2.75) is 0 Å². The van der Waals surface area contributed by atoms with E-state index in [2.05, 4.69) is 69.8 Å². The third-order valence-electron chi connectivity index (χ3n) is 4.54. The molecule has 0 atom stereocenters. The van der Waals surface area contributed by atoms with E-state index < -0.39 is 0 Å². The van der Waals surface area contributed by atoms with Gasteiger partial charge in [0.2, 0.25) is 0 Å². The molecule has 5 aromatic rings.